The molecule has 1 heterocycles. The largest absolute Gasteiger partial charge is 0.398 e. The minimum Gasteiger partial charge on any atom is -0.398 e. The molecular formula is C15H25N3O. The van der Waals surface area contributed by atoms with Gasteiger partial charge in [-0.2, -0.15) is 0 Å². The van der Waals surface area contributed by atoms with Crippen LogP contribution in [-0.4, -0.2) is 28.3 Å². The van der Waals surface area contributed by atoms with E-state index in [1.807, 2.05) is 0 Å². The molecule has 106 valence electrons. The lowest BCUT2D eigenvalue weighted by Gasteiger charge is -2.36. The van der Waals surface area contributed by atoms with E-state index < -0.39 is 5.60 Å². The Morgan fingerprint density at radius 3 is 2.84 bits per heavy atom. The smallest absolute Gasteiger partial charge is 0.0690 e. The number of nitrogens with two attached hydrogens (primary N) is 1. The Labute approximate surface area is 115 Å². The molecule has 0 unspecified atom stereocenters. The van der Waals surface area contributed by atoms with E-state index in [0.717, 1.165) is 49.9 Å². The van der Waals surface area contributed by atoms with E-state index in [1.165, 1.54) is 0 Å². The highest BCUT2D eigenvalue weighted by Gasteiger charge is 2.33. The van der Waals surface area contributed by atoms with Crippen molar-refractivity contribution in [1.82, 2.24) is 10.3 Å². The maximum atomic E-state index is 10.7. The predicted molar refractivity (Wildman–Crippen MR) is 77.9 cm³/mol. The van der Waals surface area contributed by atoms with Crippen LogP contribution in [-0.2, 0) is 6.42 Å². The average molecular weight is 263 g/mol. The molecule has 0 aliphatic heterocycles. The van der Waals surface area contributed by atoms with Gasteiger partial charge in [0.25, 0.3) is 0 Å². The van der Waals surface area contributed by atoms with Crippen molar-refractivity contribution in [3.8, 4) is 0 Å². The van der Waals surface area contributed by atoms with Crippen molar-refractivity contribution in [2.24, 2.45) is 0 Å². The molecule has 0 radical (unpaired) electrons. The van der Waals surface area contributed by atoms with Gasteiger partial charge in [-0.15, -0.1) is 0 Å². The second kappa shape index (κ2) is 6.35. The van der Waals surface area contributed by atoms with Crippen molar-refractivity contribution in [1.29, 1.82) is 0 Å². The quantitative estimate of drug-likeness (QED) is 0.758. The molecule has 0 atom stereocenters. The van der Waals surface area contributed by atoms with Crippen molar-refractivity contribution >= 4 is 5.69 Å². The Balaban J connectivity index is 1.90. The summed E-state index contributed by atoms with van der Waals surface area (Å²) in [7, 11) is 0. The van der Waals surface area contributed by atoms with E-state index in [2.05, 4.69) is 17.2 Å². The molecule has 4 heteroatoms. The Morgan fingerprint density at radius 2 is 2.21 bits per heavy atom. The molecule has 1 aromatic rings. The summed E-state index contributed by atoms with van der Waals surface area (Å²) in [5.41, 5.74) is 7.01. The number of aromatic nitrogens is 1. The van der Waals surface area contributed by atoms with Gasteiger partial charge in [0.2, 0.25) is 0 Å². The van der Waals surface area contributed by atoms with Crippen molar-refractivity contribution in [3.05, 3.63) is 24.0 Å². The molecule has 1 aromatic heterocycles. The number of nitrogen functional groups attached to an aromatic ring is 1. The summed E-state index contributed by atoms with van der Waals surface area (Å²) in [6.07, 6.45) is 8.99. The van der Waals surface area contributed by atoms with Gasteiger partial charge in [0, 0.05) is 30.5 Å². The maximum Gasteiger partial charge on any atom is 0.0690 e. The van der Waals surface area contributed by atoms with Gasteiger partial charge in [-0.3, -0.25) is 4.98 Å². The van der Waals surface area contributed by atoms with E-state index in [4.69, 9.17) is 5.73 Å². The predicted octanol–water partition coefficient (Wildman–Crippen LogP) is 1.88. The van der Waals surface area contributed by atoms with Crippen LogP contribution < -0.4 is 11.1 Å². The number of nitrogens with zero attached hydrogens (tertiary/aromatic N) is 1. The van der Waals surface area contributed by atoms with Crippen LogP contribution >= 0.6 is 0 Å². The van der Waals surface area contributed by atoms with Crippen molar-refractivity contribution < 1.29 is 5.11 Å². The third kappa shape index (κ3) is 3.91. The highest BCUT2D eigenvalue weighted by atomic mass is 16.3. The lowest BCUT2D eigenvalue weighted by Crippen LogP contribution is -2.42. The van der Waals surface area contributed by atoms with Gasteiger partial charge < -0.3 is 16.2 Å². The van der Waals surface area contributed by atoms with Crippen LogP contribution in [0.3, 0.4) is 0 Å². The molecule has 2 rings (SSSR count). The monoisotopic (exact) mass is 263 g/mol. The third-order valence-corrected chi connectivity index (χ3v) is 4.06. The molecule has 0 aromatic carbocycles. The first kappa shape index (κ1) is 14.3. The van der Waals surface area contributed by atoms with Crippen LogP contribution in [0.4, 0.5) is 5.69 Å². The van der Waals surface area contributed by atoms with Gasteiger partial charge in [0.05, 0.1) is 5.60 Å². The number of nitrogens with one attached hydrogen (secondary N) is 1. The van der Waals surface area contributed by atoms with E-state index in [0.29, 0.717) is 12.5 Å². The summed E-state index contributed by atoms with van der Waals surface area (Å²) in [5, 5.41) is 14.2. The lowest BCUT2D eigenvalue weighted by molar-refractivity contribution is -0.00299. The fraction of sp³-hybridized carbons (Fsp3) is 0.667. The molecule has 19 heavy (non-hydrogen) atoms. The summed E-state index contributed by atoms with van der Waals surface area (Å²) < 4.78 is 0. The molecule has 1 aliphatic carbocycles. The molecular weight excluding hydrogens is 238 g/mol. The molecule has 1 saturated carbocycles. The average Bonchev–Trinajstić information content (AvgIpc) is 2.41. The summed E-state index contributed by atoms with van der Waals surface area (Å²) in [5.74, 6) is 0. The van der Waals surface area contributed by atoms with Gasteiger partial charge in [-0.25, -0.2) is 0 Å². The molecule has 0 spiro atoms. The maximum absolute atomic E-state index is 10.7. The molecule has 0 bridgehead atoms. The summed E-state index contributed by atoms with van der Waals surface area (Å²) in [6.45, 7) is 3.25. The summed E-state index contributed by atoms with van der Waals surface area (Å²) in [4.78, 5) is 4.09. The first-order chi connectivity index (χ1) is 9.13. The van der Waals surface area contributed by atoms with Crippen LogP contribution in [0.1, 0.15) is 44.6 Å². The molecule has 4 N–H and O–H groups in total. The molecule has 4 nitrogen and oxygen atoms in total. The molecule has 0 amide bonds. The fourth-order valence-corrected chi connectivity index (χ4v) is 2.82. The summed E-state index contributed by atoms with van der Waals surface area (Å²) in [6, 6.07) is 2.36. The Bertz CT molecular complexity index is 400. The van der Waals surface area contributed by atoms with E-state index in [-0.39, 0.29) is 0 Å². The van der Waals surface area contributed by atoms with Crippen LogP contribution in [0.5, 0.6) is 0 Å². The zero-order valence-corrected chi connectivity index (χ0v) is 11.7. The second-order valence-electron chi connectivity index (χ2n) is 5.70. The Kier molecular flexibility index (Phi) is 4.77. The van der Waals surface area contributed by atoms with Crippen LogP contribution in [0.25, 0.3) is 0 Å². The second-order valence-corrected chi connectivity index (χ2v) is 5.70. The number of rotatable bonds is 5. The highest BCUT2D eigenvalue weighted by Crippen LogP contribution is 2.32. The topological polar surface area (TPSA) is 71.2 Å². The number of pyridine rings is 1. The lowest BCUT2D eigenvalue weighted by atomic mass is 9.78. The Morgan fingerprint density at radius 1 is 1.47 bits per heavy atom. The minimum absolute atomic E-state index is 0.562. The van der Waals surface area contributed by atoms with Gasteiger partial charge in [-0.05, 0) is 50.3 Å². The van der Waals surface area contributed by atoms with E-state index in [9.17, 15) is 5.11 Å². The number of anilines is 1. The van der Waals surface area contributed by atoms with Gasteiger partial charge >= 0.3 is 0 Å². The SMILES string of the molecule is CCCNC1CCC(O)(Cc2cnccc2N)CC1. The zero-order valence-electron chi connectivity index (χ0n) is 11.7. The van der Waals surface area contributed by atoms with Crippen molar-refractivity contribution in [2.75, 3.05) is 12.3 Å². The first-order valence-electron chi connectivity index (χ1n) is 7.27. The minimum atomic E-state index is -0.610. The van der Waals surface area contributed by atoms with Crippen LogP contribution in [0.15, 0.2) is 18.5 Å². The van der Waals surface area contributed by atoms with Gasteiger partial charge in [0.15, 0.2) is 0 Å². The Hall–Kier alpha value is -1.13. The number of aliphatic hydroxyl groups is 1. The van der Waals surface area contributed by atoms with Crippen molar-refractivity contribution in [3.63, 3.8) is 0 Å². The first-order valence-corrected chi connectivity index (χ1v) is 7.27. The van der Waals surface area contributed by atoms with Crippen molar-refractivity contribution in [2.45, 2.75) is 57.1 Å². The van der Waals surface area contributed by atoms with Crippen LogP contribution in [0, 0.1) is 0 Å². The van der Waals surface area contributed by atoms with Crippen LogP contribution in [0.2, 0.25) is 0 Å². The number of hydrogen-bond acceptors (Lipinski definition) is 4. The summed E-state index contributed by atoms with van der Waals surface area (Å²) >= 11 is 0. The van der Waals surface area contributed by atoms with E-state index in [1.54, 1.807) is 18.5 Å². The molecule has 0 saturated heterocycles. The fourth-order valence-electron chi connectivity index (χ4n) is 2.82. The van der Waals surface area contributed by atoms with Gasteiger partial charge in [-0.1, -0.05) is 6.92 Å². The zero-order chi connectivity index (χ0) is 13.7. The normalized spacial score (nSPS) is 27.4. The molecule has 1 aliphatic rings. The van der Waals surface area contributed by atoms with Gasteiger partial charge in [0.1, 0.15) is 0 Å². The standard InChI is InChI=1S/C15H25N3O/c1-2-8-18-13-3-6-15(19,7-4-13)10-12-11-17-9-5-14(12)16/h5,9,11,13,18-19H,2-4,6-8,10H2,1H3,(H2,16,17). The molecule has 1 fully saturated rings. The van der Waals surface area contributed by atoms with E-state index >= 15 is 0 Å². The third-order valence-electron chi connectivity index (χ3n) is 4.06. The highest BCUT2D eigenvalue weighted by molar-refractivity contribution is 5.45. The number of hydrogen-bond donors (Lipinski definition) is 3.